The first-order chi connectivity index (χ1) is 7.96. The minimum Gasteiger partial charge on any atom is -0.349 e. The van der Waals surface area contributed by atoms with E-state index in [0.29, 0.717) is 5.56 Å². The summed E-state index contributed by atoms with van der Waals surface area (Å²) in [7, 11) is 0. The van der Waals surface area contributed by atoms with Gasteiger partial charge in [0.05, 0.1) is 19.0 Å². The topological polar surface area (TPSA) is 68.0 Å². The minimum atomic E-state index is -3.07. The molecule has 0 radical (unpaired) electrons. The molecule has 1 aromatic rings. The van der Waals surface area contributed by atoms with Gasteiger partial charge < -0.3 is 11.1 Å². The first kappa shape index (κ1) is 20.3. The quantitative estimate of drug-likeness (QED) is 0.869. The summed E-state index contributed by atoms with van der Waals surface area (Å²) in [5.74, 6) is -4.05. The van der Waals surface area contributed by atoms with Crippen LogP contribution in [0.3, 0.4) is 0 Å². The van der Waals surface area contributed by atoms with E-state index in [9.17, 15) is 13.6 Å². The monoisotopic (exact) mass is 315 g/mol. The molecular weight excluding hydrogens is 299 g/mol. The van der Waals surface area contributed by atoms with Crippen molar-refractivity contribution < 1.29 is 13.6 Å². The molecule has 1 unspecified atom stereocenters. The molecule has 0 fully saturated rings. The van der Waals surface area contributed by atoms with Crippen LogP contribution in [-0.2, 0) is 4.79 Å². The summed E-state index contributed by atoms with van der Waals surface area (Å²) in [4.78, 5) is 15.5. The van der Waals surface area contributed by atoms with Crippen molar-refractivity contribution in [3.63, 3.8) is 0 Å². The maximum atomic E-state index is 12.8. The Kier molecular flexibility index (Phi) is 9.64. The van der Waals surface area contributed by atoms with Gasteiger partial charge in [-0.05, 0) is 18.6 Å². The molecule has 0 saturated heterocycles. The van der Waals surface area contributed by atoms with E-state index in [4.69, 9.17) is 5.73 Å². The van der Waals surface area contributed by atoms with Gasteiger partial charge in [0.1, 0.15) is 0 Å². The number of hydrogen-bond donors (Lipinski definition) is 2. The standard InChI is InChI=1S/C11H15F2N3O.2ClH/c1-8(9-3-2-4-15-5-9)10(17)16-7-11(12,13)6-14;;/h2-5,8H,6-7,14H2,1H3,(H,16,17);2*1H. The predicted octanol–water partition coefficient (Wildman–Crippen LogP) is 1.74. The van der Waals surface area contributed by atoms with Gasteiger partial charge in [-0.25, -0.2) is 8.78 Å². The smallest absolute Gasteiger partial charge is 0.277 e. The minimum absolute atomic E-state index is 0. The zero-order valence-corrected chi connectivity index (χ0v) is 11.9. The van der Waals surface area contributed by atoms with Crippen LogP contribution in [0.5, 0.6) is 0 Å². The van der Waals surface area contributed by atoms with Crippen molar-refractivity contribution >= 4 is 30.7 Å². The van der Waals surface area contributed by atoms with E-state index in [1.165, 1.54) is 6.20 Å². The molecule has 19 heavy (non-hydrogen) atoms. The number of nitrogens with one attached hydrogen (secondary N) is 1. The van der Waals surface area contributed by atoms with Gasteiger partial charge in [0, 0.05) is 12.4 Å². The lowest BCUT2D eigenvalue weighted by Crippen LogP contribution is -2.42. The van der Waals surface area contributed by atoms with Gasteiger partial charge in [-0.1, -0.05) is 6.07 Å². The van der Waals surface area contributed by atoms with Gasteiger partial charge in [0.15, 0.2) is 0 Å². The third kappa shape index (κ3) is 6.66. The fourth-order valence-electron chi connectivity index (χ4n) is 1.23. The maximum absolute atomic E-state index is 12.8. The Bertz CT molecular complexity index is 379. The van der Waals surface area contributed by atoms with E-state index in [2.05, 4.69) is 10.3 Å². The van der Waals surface area contributed by atoms with E-state index in [-0.39, 0.29) is 24.8 Å². The highest BCUT2D eigenvalue weighted by Crippen LogP contribution is 2.14. The number of aromatic nitrogens is 1. The number of alkyl halides is 2. The van der Waals surface area contributed by atoms with Gasteiger partial charge in [-0.15, -0.1) is 24.8 Å². The van der Waals surface area contributed by atoms with Gasteiger partial charge in [0.2, 0.25) is 5.91 Å². The van der Waals surface area contributed by atoms with E-state index < -0.39 is 30.8 Å². The second-order valence-corrected chi connectivity index (χ2v) is 3.79. The van der Waals surface area contributed by atoms with E-state index in [0.717, 1.165) is 0 Å². The third-order valence-corrected chi connectivity index (χ3v) is 2.40. The van der Waals surface area contributed by atoms with Crippen molar-refractivity contribution in [3.8, 4) is 0 Å². The van der Waals surface area contributed by atoms with Crippen molar-refractivity contribution in [1.29, 1.82) is 0 Å². The van der Waals surface area contributed by atoms with E-state index >= 15 is 0 Å². The van der Waals surface area contributed by atoms with Crippen LogP contribution in [0.4, 0.5) is 8.78 Å². The second-order valence-electron chi connectivity index (χ2n) is 3.79. The summed E-state index contributed by atoms with van der Waals surface area (Å²) in [6, 6.07) is 3.41. The van der Waals surface area contributed by atoms with Crippen molar-refractivity contribution in [2.24, 2.45) is 5.73 Å². The van der Waals surface area contributed by atoms with Crippen LogP contribution in [0.1, 0.15) is 18.4 Å². The Labute approximate surface area is 123 Å². The molecular formula is C11H17Cl2F2N3O. The van der Waals surface area contributed by atoms with Gasteiger partial charge in [-0.2, -0.15) is 0 Å². The number of carbonyl (C=O) groups is 1. The molecule has 0 spiro atoms. The van der Waals surface area contributed by atoms with Crippen molar-refractivity contribution in [3.05, 3.63) is 30.1 Å². The van der Waals surface area contributed by atoms with Crippen LogP contribution >= 0.6 is 24.8 Å². The van der Waals surface area contributed by atoms with Crippen LogP contribution in [0.15, 0.2) is 24.5 Å². The summed E-state index contributed by atoms with van der Waals surface area (Å²) in [6.07, 6.45) is 3.11. The number of nitrogens with zero attached hydrogens (tertiary/aromatic N) is 1. The molecule has 3 N–H and O–H groups in total. The van der Waals surface area contributed by atoms with Crippen LogP contribution in [0, 0.1) is 0 Å². The summed E-state index contributed by atoms with van der Waals surface area (Å²) in [5.41, 5.74) is 5.55. The Balaban J connectivity index is 0. The van der Waals surface area contributed by atoms with Gasteiger partial charge in [0.25, 0.3) is 5.92 Å². The zero-order valence-electron chi connectivity index (χ0n) is 10.3. The normalized spacial score (nSPS) is 11.8. The number of halogens is 4. The number of hydrogen-bond acceptors (Lipinski definition) is 3. The molecule has 0 aliphatic heterocycles. The molecule has 0 aromatic carbocycles. The van der Waals surface area contributed by atoms with Crippen molar-refractivity contribution in [2.45, 2.75) is 18.8 Å². The van der Waals surface area contributed by atoms with Gasteiger partial charge in [-0.3, -0.25) is 9.78 Å². The molecule has 1 aromatic heterocycles. The molecule has 8 heteroatoms. The van der Waals surface area contributed by atoms with Crippen molar-refractivity contribution in [1.82, 2.24) is 10.3 Å². The lowest BCUT2D eigenvalue weighted by Gasteiger charge is -2.17. The first-order valence-corrected chi connectivity index (χ1v) is 5.22. The average Bonchev–Trinajstić information content (AvgIpc) is 2.36. The Morgan fingerprint density at radius 2 is 2.16 bits per heavy atom. The van der Waals surface area contributed by atoms with E-state index in [1.54, 1.807) is 25.3 Å². The summed E-state index contributed by atoms with van der Waals surface area (Å²) < 4.78 is 25.7. The summed E-state index contributed by atoms with van der Waals surface area (Å²) in [5, 5.41) is 2.18. The number of nitrogens with two attached hydrogens (primary N) is 1. The molecule has 4 nitrogen and oxygen atoms in total. The highest BCUT2D eigenvalue weighted by molar-refractivity contribution is 5.85. The number of carbonyl (C=O) groups excluding carboxylic acids is 1. The molecule has 0 aliphatic carbocycles. The predicted molar refractivity (Wildman–Crippen MR) is 74.2 cm³/mol. The van der Waals surface area contributed by atoms with Crippen LogP contribution in [0.25, 0.3) is 0 Å². The molecule has 1 heterocycles. The number of rotatable bonds is 5. The second kappa shape index (κ2) is 9.01. The average molecular weight is 316 g/mol. The molecule has 1 amide bonds. The highest BCUT2D eigenvalue weighted by atomic mass is 35.5. The van der Waals surface area contributed by atoms with E-state index in [1.807, 2.05) is 0 Å². The molecule has 110 valence electrons. The van der Waals surface area contributed by atoms with Crippen LogP contribution in [0.2, 0.25) is 0 Å². The Morgan fingerprint density at radius 1 is 1.53 bits per heavy atom. The third-order valence-electron chi connectivity index (χ3n) is 2.40. The van der Waals surface area contributed by atoms with Crippen LogP contribution < -0.4 is 11.1 Å². The summed E-state index contributed by atoms with van der Waals surface area (Å²) >= 11 is 0. The lowest BCUT2D eigenvalue weighted by molar-refractivity contribution is -0.124. The summed E-state index contributed by atoms with van der Waals surface area (Å²) in [6.45, 7) is 0.106. The number of pyridine rings is 1. The SMILES string of the molecule is CC(C(=O)NCC(F)(F)CN)c1cccnc1.Cl.Cl. The highest BCUT2D eigenvalue weighted by Gasteiger charge is 2.28. The largest absolute Gasteiger partial charge is 0.349 e. The fraction of sp³-hybridized carbons (Fsp3) is 0.455. The van der Waals surface area contributed by atoms with Crippen LogP contribution in [-0.4, -0.2) is 29.9 Å². The zero-order chi connectivity index (χ0) is 12.9. The molecule has 1 atom stereocenters. The molecule has 0 saturated carbocycles. The molecule has 1 rings (SSSR count). The first-order valence-electron chi connectivity index (χ1n) is 5.22. The fourth-order valence-corrected chi connectivity index (χ4v) is 1.23. The molecule has 0 bridgehead atoms. The van der Waals surface area contributed by atoms with Gasteiger partial charge >= 0.3 is 0 Å². The maximum Gasteiger partial charge on any atom is 0.277 e. The van der Waals surface area contributed by atoms with Crippen molar-refractivity contribution in [2.75, 3.05) is 13.1 Å². The Hall–Kier alpha value is -0.980. The number of amides is 1. The molecule has 0 aliphatic rings. The Morgan fingerprint density at radius 3 is 2.63 bits per heavy atom. The lowest BCUT2D eigenvalue weighted by atomic mass is 10.0.